The van der Waals surface area contributed by atoms with Crippen LogP contribution in [0.5, 0.6) is 5.75 Å². The van der Waals surface area contributed by atoms with Crippen LogP contribution in [0.15, 0.2) is 21.1 Å². The Morgan fingerprint density at radius 3 is 2.24 bits per heavy atom. The van der Waals surface area contributed by atoms with E-state index in [-0.39, 0.29) is 36.1 Å². The lowest BCUT2D eigenvalue weighted by Crippen LogP contribution is -2.06. The SMILES string of the molecule is Cc1cc(C)c(OCCc2nnc(C(F)(F)F)o2)c(-c2noc(C(F)(F)F)n2)c1. The normalized spacial score (nSPS) is 12.4. The molecule has 0 N–H and O–H groups in total. The van der Waals surface area contributed by atoms with Crippen LogP contribution in [0.1, 0.15) is 28.8 Å². The van der Waals surface area contributed by atoms with Crippen LogP contribution < -0.4 is 4.74 Å². The molecule has 3 rings (SSSR count). The van der Waals surface area contributed by atoms with Crippen LogP contribution in [0.3, 0.4) is 0 Å². The second-order valence-corrected chi connectivity index (χ2v) is 5.98. The Balaban J connectivity index is 1.81. The lowest BCUT2D eigenvalue weighted by molar-refractivity contribution is -0.159. The molecule has 156 valence electrons. The Bertz CT molecular complexity index is 1010. The standard InChI is InChI=1S/C16H12F6N4O3/c1-7-5-8(2)11(9(6-7)12-23-13(29-26-12)15(17,18)19)27-4-3-10-24-25-14(28-10)16(20,21)22/h5-6H,3-4H2,1-2H3. The number of ether oxygens (including phenoxy) is 1. The Morgan fingerprint density at radius 1 is 0.966 bits per heavy atom. The third-order valence-electron chi connectivity index (χ3n) is 3.60. The van der Waals surface area contributed by atoms with E-state index in [0.717, 1.165) is 0 Å². The summed E-state index contributed by atoms with van der Waals surface area (Å²) in [5.41, 5.74) is 1.40. The van der Waals surface area contributed by atoms with E-state index in [2.05, 4.69) is 29.3 Å². The van der Waals surface area contributed by atoms with Crippen molar-refractivity contribution in [1.29, 1.82) is 0 Å². The maximum atomic E-state index is 12.7. The topological polar surface area (TPSA) is 87.1 Å². The van der Waals surface area contributed by atoms with Gasteiger partial charge in [-0.25, -0.2) is 0 Å². The third kappa shape index (κ3) is 4.66. The molecule has 7 nitrogen and oxygen atoms in total. The molecule has 0 aliphatic rings. The Hall–Kier alpha value is -3.12. The van der Waals surface area contributed by atoms with Crippen LogP contribution in [0, 0.1) is 13.8 Å². The fourth-order valence-corrected chi connectivity index (χ4v) is 2.47. The van der Waals surface area contributed by atoms with Gasteiger partial charge in [-0.2, -0.15) is 31.3 Å². The van der Waals surface area contributed by atoms with Gasteiger partial charge in [0, 0.05) is 0 Å². The molecule has 3 aromatic rings. The first kappa shape index (κ1) is 20.6. The Kier molecular flexibility index (Phi) is 5.24. The van der Waals surface area contributed by atoms with Gasteiger partial charge in [-0.15, -0.1) is 10.2 Å². The highest BCUT2D eigenvalue weighted by molar-refractivity contribution is 5.67. The molecule has 1 aromatic carbocycles. The summed E-state index contributed by atoms with van der Waals surface area (Å²) in [4.78, 5) is 3.34. The number of rotatable bonds is 5. The molecule has 0 atom stereocenters. The molecule has 2 heterocycles. The first-order chi connectivity index (χ1) is 13.4. The monoisotopic (exact) mass is 422 g/mol. The van der Waals surface area contributed by atoms with E-state index in [9.17, 15) is 26.3 Å². The van der Waals surface area contributed by atoms with Gasteiger partial charge in [0.1, 0.15) is 5.75 Å². The van der Waals surface area contributed by atoms with Crippen LogP contribution in [0.4, 0.5) is 26.3 Å². The quantitative estimate of drug-likeness (QED) is 0.564. The van der Waals surface area contributed by atoms with E-state index in [4.69, 9.17) is 4.74 Å². The van der Waals surface area contributed by atoms with Crippen LogP contribution in [-0.4, -0.2) is 26.9 Å². The maximum Gasteiger partial charge on any atom is 0.471 e. The summed E-state index contributed by atoms with van der Waals surface area (Å²) in [6.07, 6.45) is -9.73. The minimum atomic E-state index is -4.81. The molecule has 0 aliphatic heterocycles. The molecule has 0 aliphatic carbocycles. The second-order valence-electron chi connectivity index (χ2n) is 5.98. The lowest BCUT2D eigenvalue weighted by Gasteiger charge is -2.13. The average molecular weight is 422 g/mol. The molecule has 0 radical (unpaired) electrons. The molecule has 0 bridgehead atoms. The average Bonchev–Trinajstić information content (AvgIpc) is 3.24. The van der Waals surface area contributed by atoms with Gasteiger partial charge in [-0.3, -0.25) is 0 Å². The minimum absolute atomic E-state index is 0.142. The number of nitrogens with zero attached hydrogens (tertiary/aromatic N) is 4. The predicted molar refractivity (Wildman–Crippen MR) is 82.7 cm³/mol. The van der Waals surface area contributed by atoms with Crippen LogP contribution >= 0.6 is 0 Å². The van der Waals surface area contributed by atoms with E-state index in [1.54, 1.807) is 19.9 Å². The minimum Gasteiger partial charge on any atom is -0.492 e. The second kappa shape index (κ2) is 7.37. The van der Waals surface area contributed by atoms with Crippen molar-refractivity contribution in [3.63, 3.8) is 0 Å². The number of hydrogen-bond donors (Lipinski definition) is 0. The van der Waals surface area contributed by atoms with E-state index in [1.807, 2.05) is 0 Å². The highest BCUT2D eigenvalue weighted by Crippen LogP contribution is 2.35. The van der Waals surface area contributed by atoms with Crippen molar-refractivity contribution >= 4 is 0 Å². The molecular weight excluding hydrogens is 410 g/mol. The van der Waals surface area contributed by atoms with Crippen molar-refractivity contribution in [1.82, 2.24) is 20.3 Å². The number of alkyl halides is 6. The zero-order valence-electron chi connectivity index (χ0n) is 14.9. The van der Waals surface area contributed by atoms with Gasteiger partial charge in [0.25, 0.3) is 0 Å². The van der Waals surface area contributed by atoms with Gasteiger partial charge in [0.05, 0.1) is 18.6 Å². The van der Waals surface area contributed by atoms with Gasteiger partial charge in [0.2, 0.25) is 11.7 Å². The predicted octanol–water partition coefficient (Wildman–Crippen LogP) is 4.40. The number of aryl methyl sites for hydroxylation is 2. The smallest absolute Gasteiger partial charge is 0.471 e. The summed E-state index contributed by atoms with van der Waals surface area (Å²) in [5, 5.41) is 9.52. The first-order valence-electron chi connectivity index (χ1n) is 8.00. The zero-order chi connectivity index (χ0) is 21.4. The number of aromatic nitrogens is 4. The fourth-order valence-electron chi connectivity index (χ4n) is 2.47. The highest BCUT2D eigenvalue weighted by atomic mass is 19.4. The molecular formula is C16H12F6N4O3. The first-order valence-corrected chi connectivity index (χ1v) is 8.00. The Morgan fingerprint density at radius 2 is 1.66 bits per heavy atom. The maximum absolute atomic E-state index is 12.7. The third-order valence-corrected chi connectivity index (χ3v) is 3.60. The van der Waals surface area contributed by atoms with Crippen LogP contribution in [0.2, 0.25) is 0 Å². The van der Waals surface area contributed by atoms with Gasteiger partial charge in [-0.05, 0) is 31.0 Å². The summed E-state index contributed by atoms with van der Waals surface area (Å²) in [6.45, 7) is 3.17. The summed E-state index contributed by atoms with van der Waals surface area (Å²) in [5.74, 6) is -3.48. The molecule has 0 saturated heterocycles. The van der Waals surface area contributed by atoms with Crippen molar-refractivity contribution in [2.75, 3.05) is 6.61 Å². The summed E-state index contributed by atoms with van der Waals surface area (Å²) in [7, 11) is 0. The highest BCUT2D eigenvalue weighted by Gasteiger charge is 2.39. The van der Waals surface area contributed by atoms with Crippen molar-refractivity contribution in [2.24, 2.45) is 0 Å². The van der Waals surface area contributed by atoms with Crippen molar-refractivity contribution in [3.8, 4) is 17.1 Å². The zero-order valence-corrected chi connectivity index (χ0v) is 14.9. The molecule has 2 aromatic heterocycles. The van der Waals surface area contributed by atoms with Gasteiger partial charge < -0.3 is 13.7 Å². The molecule has 0 fully saturated rings. The molecule has 13 heteroatoms. The van der Waals surface area contributed by atoms with Gasteiger partial charge in [0.15, 0.2) is 0 Å². The lowest BCUT2D eigenvalue weighted by atomic mass is 10.0. The summed E-state index contributed by atoms with van der Waals surface area (Å²) in [6, 6.07) is 3.21. The summed E-state index contributed by atoms with van der Waals surface area (Å²) < 4.78 is 89.9. The summed E-state index contributed by atoms with van der Waals surface area (Å²) >= 11 is 0. The van der Waals surface area contributed by atoms with Gasteiger partial charge >= 0.3 is 24.1 Å². The number of benzene rings is 1. The van der Waals surface area contributed by atoms with Crippen molar-refractivity contribution in [3.05, 3.63) is 40.9 Å². The van der Waals surface area contributed by atoms with E-state index in [0.29, 0.717) is 11.1 Å². The molecule has 0 unspecified atom stereocenters. The molecule has 0 saturated carbocycles. The molecule has 0 amide bonds. The molecule has 0 spiro atoms. The molecule has 29 heavy (non-hydrogen) atoms. The van der Waals surface area contributed by atoms with E-state index >= 15 is 0 Å². The van der Waals surface area contributed by atoms with E-state index < -0.39 is 24.1 Å². The van der Waals surface area contributed by atoms with Crippen LogP contribution in [0.25, 0.3) is 11.4 Å². The largest absolute Gasteiger partial charge is 0.492 e. The van der Waals surface area contributed by atoms with Crippen LogP contribution in [-0.2, 0) is 18.8 Å². The Labute approximate surface area is 158 Å². The fraction of sp³-hybridized carbons (Fsp3) is 0.375. The van der Waals surface area contributed by atoms with E-state index in [1.165, 1.54) is 6.07 Å². The van der Waals surface area contributed by atoms with Crippen molar-refractivity contribution in [2.45, 2.75) is 32.6 Å². The number of halogens is 6. The van der Waals surface area contributed by atoms with Crippen molar-refractivity contribution < 1.29 is 40.0 Å². The van der Waals surface area contributed by atoms with Gasteiger partial charge in [-0.1, -0.05) is 11.2 Å². The number of hydrogen-bond acceptors (Lipinski definition) is 7.